The molecule has 3 aromatic rings. The molecule has 0 radical (unpaired) electrons. The molecule has 1 aliphatic carbocycles. The lowest BCUT2D eigenvalue weighted by Gasteiger charge is -2.02. The molecule has 0 saturated carbocycles. The Hall–Kier alpha value is -2.79. The Balaban J connectivity index is 1.40. The van der Waals surface area contributed by atoms with Crippen LogP contribution in [0.3, 0.4) is 0 Å². The van der Waals surface area contributed by atoms with Crippen LogP contribution in [0.15, 0.2) is 48.5 Å². The summed E-state index contributed by atoms with van der Waals surface area (Å²) in [5, 5.41) is 9.91. The fourth-order valence-corrected chi connectivity index (χ4v) is 4.62. The first-order valence-corrected chi connectivity index (χ1v) is 10.3. The van der Waals surface area contributed by atoms with Crippen LogP contribution in [-0.2, 0) is 17.6 Å². The predicted octanol–water partition coefficient (Wildman–Crippen LogP) is 5.31. The van der Waals surface area contributed by atoms with Crippen molar-refractivity contribution in [1.29, 1.82) is 0 Å². The van der Waals surface area contributed by atoms with Gasteiger partial charge < -0.3 is 5.11 Å². The molecule has 4 rings (SSSR count). The maximum absolute atomic E-state index is 12.4. The van der Waals surface area contributed by atoms with Crippen molar-refractivity contribution in [2.24, 2.45) is 0 Å². The van der Waals surface area contributed by atoms with Crippen LogP contribution in [0, 0.1) is 0 Å². The van der Waals surface area contributed by atoms with Crippen LogP contribution in [0.4, 0.5) is 0 Å². The standard InChI is InChI=1S/C23H21NO3S/c25-19(10-8-15-4-3-7-18(12-15)23(26)27)14-22-24-20-11-9-17(13-21(20)28-22)16-5-1-2-6-16/h3-5,7,9,11-13H,1-2,6,8,10,14H2,(H,26,27). The number of aromatic carboxylic acids is 1. The Morgan fingerprint density at radius 1 is 1.14 bits per heavy atom. The number of ketones is 1. The zero-order valence-corrected chi connectivity index (χ0v) is 16.3. The molecule has 142 valence electrons. The van der Waals surface area contributed by atoms with Crippen molar-refractivity contribution >= 4 is 38.9 Å². The van der Waals surface area contributed by atoms with E-state index in [0.29, 0.717) is 19.3 Å². The molecule has 0 bridgehead atoms. The topological polar surface area (TPSA) is 67.3 Å². The van der Waals surface area contributed by atoms with Gasteiger partial charge in [-0.1, -0.05) is 24.3 Å². The van der Waals surface area contributed by atoms with Crippen LogP contribution in [0.2, 0.25) is 0 Å². The van der Waals surface area contributed by atoms with Gasteiger partial charge in [-0.05, 0) is 66.6 Å². The van der Waals surface area contributed by atoms with E-state index in [0.717, 1.165) is 33.6 Å². The summed E-state index contributed by atoms with van der Waals surface area (Å²) in [5.41, 5.74) is 4.75. The highest BCUT2D eigenvalue weighted by Gasteiger charge is 2.13. The largest absolute Gasteiger partial charge is 0.478 e. The van der Waals surface area contributed by atoms with Crippen LogP contribution in [0.1, 0.15) is 52.2 Å². The third kappa shape index (κ3) is 4.20. The highest BCUT2D eigenvalue weighted by Crippen LogP contribution is 2.31. The van der Waals surface area contributed by atoms with Crippen molar-refractivity contribution in [2.45, 2.75) is 38.5 Å². The van der Waals surface area contributed by atoms with E-state index in [2.05, 4.69) is 23.2 Å². The first kappa shape index (κ1) is 18.6. The van der Waals surface area contributed by atoms with Gasteiger partial charge in [0.05, 0.1) is 22.2 Å². The lowest BCUT2D eigenvalue weighted by Crippen LogP contribution is -2.05. The van der Waals surface area contributed by atoms with Gasteiger partial charge in [-0.2, -0.15) is 0 Å². The average Bonchev–Trinajstić information content (AvgIpc) is 3.35. The molecule has 4 nitrogen and oxygen atoms in total. The predicted molar refractivity (Wildman–Crippen MR) is 112 cm³/mol. The minimum absolute atomic E-state index is 0.124. The van der Waals surface area contributed by atoms with Gasteiger partial charge >= 0.3 is 5.97 Å². The summed E-state index contributed by atoms with van der Waals surface area (Å²) < 4.78 is 1.13. The smallest absolute Gasteiger partial charge is 0.335 e. The number of fused-ring (bicyclic) bond motifs is 1. The number of hydrogen-bond donors (Lipinski definition) is 1. The number of Topliss-reactive ketones (excluding diaryl/α,β-unsaturated/α-hetero) is 1. The third-order valence-electron chi connectivity index (χ3n) is 5.06. The second kappa shape index (κ2) is 8.07. The number of benzene rings is 2. The van der Waals surface area contributed by atoms with Gasteiger partial charge in [0.2, 0.25) is 0 Å². The van der Waals surface area contributed by atoms with Crippen LogP contribution in [0.5, 0.6) is 0 Å². The second-order valence-corrected chi connectivity index (χ2v) is 8.25. The van der Waals surface area contributed by atoms with Crippen molar-refractivity contribution in [2.75, 3.05) is 0 Å². The van der Waals surface area contributed by atoms with Gasteiger partial charge in [0.15, 0.2) is 0 Å². The first-order valence-electron chi connectivity index (χ1n) is 9.51. The summed E-state index contributed by atoms with van der Waals surface area (Å²) in [4.78, 5) is 28.1. The van der Waals surface area contributed by atoms with Crippen molar-refractivity contribution < 1.29 is 14.7 Å². The minimum Gasteiger partial charge on any atom is -0.478 e. The molecule has 1 aromatic heterocycles. The number of thiazole rings is 1. The Morgan fingerprint density at radius 2 is 2.04 bits per heavy atom. The van der Waals surface area contributed by atoms with E-state index in [4.69, 9.17) is 5.11 Å². The molecule has 1 N–H and O–H groups in total. The summed E-state index contributed by atoms with van der Waals surface area (Å²) in [6, 6.07) is 13.1. The quantitative estimate of drug-likeness (QED) is 0.593. The molecule has 0 atom stereocenters. The molecular weight excluding hydrogens is 370 g/mol. The third-order valence-corrected chi connectivity index (χ3v) is 6.08. The first-order chi connectivity index (χ1) is 13.6. The van der Waals surface area contributed by atoms with E-state index in [1.54, 1.807) is 29.5 Å². The van der Waals surface area contributed by atoms with Crippen molar-refractivity contribution in [3.63, 3.8) is 0 Å². The molecule has 0 amide bonds. The van der Waals surface area contributed by atoms with Crippen molar-refractivity contribution in [1.82, 2.24) is 4.98 Å². The molecular formula is C23H21NO3S. The normalized spacial score (nSPS) is 13.6. The molecule has 0 unspecified atom stereocenters. The highest BCUT2D eigenvalue weighted by molar-refractivity contribution is 7.18. The van der Waals surface area contributed by atoms with Gasteiger partial charge in [-0.3, -0.25) is 4.79 Å². The maximum Gasteiger partial charge on any atom is 0.335 e. The average molecular weight is 391 g/mol. The molecule has 0 fully saturated rings. The summed E-state index contributed by atoms with van der Waals surface area (Å²) in [6.07, 6.45) is 7.09. The molecule has 0 saturated heterocycles. The molecule has 1 aliphatic rings. The summed E-state index contributed by atoms with van der Waals surface area (Å²) in [7, 11) is 0. The highest BCUT2D eigenvalue weighted by atomic mass is 32.1. The van der Waals surface area contributed by atoms with Gasteiger partial charge in [-0.25, -0.2) is 9.78 Å². The maximum atomic E-state index is 12.4. The van der Waals surface area contributed by atoms with Gasteiger partial charge in [-0.15, -0.1) is 11.3 Å². The van der Waals surface area contributed by atoms with Crippen LogP contribution < -0.4 is 0 Å². The zero-order chi connectivity index (χ0) is 19.5. The number of carboxylic acid groups (broad SMARTS) is 1. The van der Waals surface area contributed by atoms with E-state index in [1.165, 1.54) is 17.6 Å². The number of rotatable bonds is 7. The lowest BCUT2D eigenvalue weighted by molar-refractivity contribution is -0.118. The van der Waals surface area contributed by atoms with E-state index in [1.807, 2.05) is 12.1 Å². The Kier molecular flexibility index (Phi) is 5.35. The SMILES string of the molecule is O=C(CCc1cccc(C(=O)O)c1)Cc1nc2ccc(C3=CCCC3)cc2s1. The molecule has 0 spiro atoms. The molecule has 1 heterocycles. The molecule has 5 heteroatoms. The van der Waals surface area contributed by atoms with Gasteiger partial charge in [0, 0.05) is 6.42 Å². The lowest BCUT2D eigenvalue weighted by atomic mass is 10.0. The van der Waals surface area contributed by atoms with Gasteiger partial charge in [0.25, 0.3) is 0 Å². The van der Waals surface area contributed by atoms with Gasteiger partial charge in [0.1, 0.15) is 10.8 Å². The number of aromatic nitrogens is 1. The molecule has 28 heavy (non-hydrogen) atoms. The van der Waals surface area contributed by atoms with Crippen LogP contribution >= 0.6 is 11.3 Å². The van der Waals surface area contributed by atoms with E-state index < -0.39 is 5.97 Å². The number of hydrogen-bond acceptors (Lipinski definition) is 4. The van der Waals surface area contributed by atoms with Crippen molar-refractivity contribution in [3.8, 4) is 0 Å². The van der Waals surface area contributed by atoms with E-state index >= 15 is 0 Å². The number of aryl methyl sites for hydroxylation is 1. The fourth-order valence-electron chi connectivity index (χ4n) is 3.58. The summed E-state index contributed by atoms with van der Waals surface area (Å²) >= 11 is 1.59. The van der Waals surface area contributed by atoms with E-state index in [-0.39, 0.29) is 11.3 Å². The monoisotopic (exact) mass is 391 g/mol. The van der Waals surface area contributed by atoms with Crippen LogP contribution in [-0.4, -0.2) is 21.8 Å². The van der Waals surface area contributed by atoms with Crippen molar-refractivity contribution in [3.05, 3.63) is 70.2 Å². The summed E-state index contributed by atoms with van der Waals surface area (Å²) in [5.74, 6) is -0.825. The number of carboxylic acids is 1. The Labute approximate surface area is 167 Å². The molecule has 0 aliphatic heterocycles. The summed E-state index contributed by atoms with van der Waals surface area (Å²) in [6.45, 7) is 0. The van der Waals surface area contributed by atoms with Crippen LogP contribution in [0.25, 0.3) is 15.8 Å². The zero-order valence-electron chi connectivity index (χ0n) is 15.5. The van der Waals surface area contributed by atoms with E-state index in [9.17, 15) is 9.59 Å². The Bertz CT molecular complexity index is 1080. The minimum atomic E-state index is -0.949. The second-order valence-electron chi connectivity index (χ2n) is 7.13. The number of nitrogens with zero attached hydrogens (tertiary/aromatic N) is 1. The number of carbonyl (C=O) groups is 2. The number of allylic oxidation sites excluding steroid dienone is 2. The molecule has 2 aromatic carbocycles. The Morgan fingerprint density at radius 3 is 2.82 bits per heavy atom. The fraction of sp³-hybridized carbons (Fsp3) is 0.261. The number of carbonyl (C=O) groups excluding carboxylic acids is 1.